The first-order valence-electron chi connectivity index (χ1n) is 10.3. The maximum atomic E-state index is 12.5. The number of hydrogen-bond acceptors (Lipinski definition) is 6. The van der Waals surface area contributed by atoms with Crippen LogP contribution in [0.4, 0.5) is 0 Å². The van der Waals surface area contributed by atoms with E-state index in [1.165, 1.54) is 12.1 Å². The van der Waals surface area contributed by atoms with E-state index in [0.717, 1.165) is 16.5 Å². The number of nitrogens with one attached hydrogen (secondary N) is 1. The molecule has 9 heteroatoms. The van der Waals surface area contributed by atoms with Crippen LogP contribution >= 0.6 is 0 Å². The second-order valence-corrected chi connectivity index (χ2v) is 9.42. The van der Waals surface area contributed by atoms with Gasteiger partial charge in [0.2, 0.25) is 15.9 Å². The summed E-state index contributed by atoms with van der Waals surface area (Å²) in [6.45, 7) is 8.12. The molecule has 2 aromatic carbocycles. The van der Waals surface area contributed by atoms with Crippen LogP contribution in [0.5, 0.6) is 5.75 Å². The van der Waals surface area contributed by atoms with Crippen LogP contribution in [-0.4, -0.2) is 27.5 Å². The number of amides is 1. The second kappa shape index (κ2) is 10.0. The molecule has 174 valence electrons. The van der Waals surface area contributed by atoms with E-state index in [1.807, 2.05) is 6.92 Å². The van der Waals surface area contributed by atoms with Crippen molar-refractivity contribution in [1.82, 2.24) is 5.32 Å². The van der Waals surface area contributed by atoms with E-state index >= 15 is 0 Å². The summed E-state index contributed by atoms with van der Waals surface area (Å²) >= 11 is 0. The highest BCUT2D eigenvalue weighted by atomic mass is 32.2. The van der Waals surface area contributed by atoms with Crippen molar-refractivity contribution >= 4 is 26.9 Å². The SMILES string of the molecule is C=C(C)COc1ccc2c(C)c(CC(=O)NCCc3ccc(S(N)(=O)=O)cc3)c(=O)oc2c1. The molecule has 0 unspecified atom stereocenters. The lowest BCUT2D eigenvalue weighted by molar-refractivity contribution is -0.120. The number of carbonyl (C=O) groups is 1. The van der Waals surface area contributed by atoms with Crippen molar-refractivity contribution in [3.8, 4) is 5.75 Å². The molecule has 1 heterocycles. The number of ether oxygens (including phenoxy) is 1. The van der Waals surface area contributed by atoms with Crippen molar-refractivity contribution in [3.63, 3.8) is 0 Å². The molecule has 1 aromatic heterocycles. The molecule has 0 aliphatic carbocycles. The highest BCUT2D eigenvalue weighted by Crippen LogP contribution is 2.24. The summed E-state index contributed by atoms with van der Waals surface area (Å²) in [7, 11) is -3.74. The maximum Gasteiger partial charge on any atom is 0.340 e. The predicted octanol–water partition coefficient (Wildman–Crippen LogP) is 2.61. The molecule has 0 fully saturated rings. The fourth-order valence-electron chi connectivity index (χ4n) is 3.29. The summed E-state index contributed by atoms with van der Waals surface area (Å²) < 4.78 is 33.6. The summed E-state index contributed by atoms with van der Waals surface area (Å²) in [4.78, 5) is 25.0. The van der Waals surface area contributed by atoms with Crippen LogP contribution < -0.4 is 20.8 Å². The average Bonchev–Trinajstić information content (AvgIpc) is 2.74. The van der Waals surface area contributed by atoms with Crippen LogP contribution in [-0.2, 0) is 27.7 Å². The van der Waals surface area contributed by atoms with Crippen molar-refractivity contribution in [1.29, 1.82) is 0 Å². The molecular formula is C24H26N2O6S. The number of primary sulfonamides is 1. The van der Waals surface area contributed by atoms with Gasteiger partial charge in [0.05, 0.1) is 16.9 Å². The van der Waals surface area contributed by atoms with Gasteiger partial charge in [0.15, 0.2) is 0 Å². The molecule has 0 bridgehead atoms. The largest absolute Gasteiger partial charge is 0.489 e. The van der Waals surface area contributed by atoms with Gasteiger partial charge in [-0.05, 0) is 61.2 Å². The lowest BCUT2D eigenvalue weighted by Crippen LogP contribution is -2.29. The van der Waals surface area contributed by atoms with Crippen molar-refractivity contribution in [2.24, 2.45) is 5.14 Å². The molecule has 0 saturated heterocycles. The van der Waals surface area contributed by atoms with Gasteiger partial charge in [-0.2, -0.15) is 0 Å². The molecule has 3 N–H and O–H groups in total. The van der Waals surface area contributed by atoms with Crippen LogP contribution in [0.25, 0.3) is 11.0 Å². The normalized spacial score (nSPS) is 11.4. The summed E-state index contributed by atoms with van der Waals surface area (Å²) in [5.41, 5.74) is 2.52. The molecule has 0 aliphatic heterocycles. The third-order valence-corrected chi connectivity index (χ3v) is 6.00. The molecule has 0 atom stereocenters. The van der Waals surface area contributed by atoms with Crippen LogP contribution in [0, 0.1) is 6.92 Å². The average molecular weight is 471 g/mol. The van der Waals surface area contributed by atoms with E-state index in [9.17, 15) is 18.0 Å². The van der Waals surface area contributed by atoms with Crippen molar-refractivity contribution in [2.75, 3.05) is 13.2 Å². The third kappa shape index (κ3) is 6.30. The number of rotatable bonds is 9. The topological polar surface area (TPSA) is 129 Å². The van der Waals surface area contributed by atoms with Gasteiger partial charge in [-0.25, -0.2) is 18.4 Å². The standard InChI is InChI=1S/C24H26N2O6S/c1-15(2)14-31-18-6-9-20-16(3)21(24(28)32-22(20)12-18)13-23(27)26-11-10-17-4-7-19(8-5-17)33(25,29)30/h4-9,12H,1,10-11,13-14H2,2-3H3,(H,26,27)(H2,25,29,30). The van der Waals surface area contributed by atoms with Gasteiger partial charge in [-0.1, -0.05) is 18.7 Å². The minimum Gasteiger partial charge on any atom is -0.489 e. The number of benzene rings is 2. The number of aryl methyl sites for hydroxylation is 1. The fourth-order valence-corrected chi connectivity index (χ4v) is 3.81. The fraction of sp³-hybridized carbons (Fsp3) is 0.250. The number of hydrogen-bond donors (Lipinski definition) is 2. The summed E-state index contributed by atoms with van der Waals surface area (Å²) in [5, 5.41) is 8.59. The lowest BCUT2D eigenvalue weighted by Gasteiger charge is -2.10. The highest BCUT2D eigenvalue weighted by Gasteiger charge is 2.15. The van der Waals surface area contributed by atoms with E-state index < -0.39 is 15.6 Å². The molecule has 0 spiro atoms. The molecule has 0 saturated carbocycles. The summed E-state index contributed by atoms with van der Waals surface area (Å²) in [6, 6.07) is 11.4. The molecule has 33 heavy (non-hydrogen) atoms. The van der Waals surface area contributed by atoms with Crippen molar-refractivity contribution in [2.45, 2.75) is 31.6 Å². The molecule has 8 nitrogen and oxygen atoms in total. The van der Waals surface area contributed by atoms with Crippen molar-refractivity contribution in [3.05, 3.63) is 81.7 Å². The van der Waals surface area contributed by atoms with E-state index in [-0.39, 0.29) is 17.2 Å². The Labute approximate surface area is 192 Å². The van der Waals surface area contributed by atoms with Crippen LogP contribution in [0.3, 0.4) is 0 Å². The predicted molar refractivity (Wildman–Crippen MR) is 126 cm³/mol. The van der Waals surface area contributed by atoms with E-state index in [0.29, 0.717) is 42.0 Å². The van der Waals surface area contributed by atoms with E-state index in [4.69, 9.17) is 14.3 Å². The lowest BCUT2D eigenvalue weighted by atomic mass is 10.0. The molecule has 0 radical (unpaired) electrons. The zero-order valence-electron chi connectivity index (χ0n) is 18.5. The quantitative estimate of drug-likeness (QED) is 0.365. The zero-order chi connectivity index (χ0) is 24.2. The Hall–Kier alpha value is -3.43. The Bertz CT molecular complexity index is 1360. The Balaban J connectivity index is 1.64. The van der Waals surface area contributed by atoms with E-state index in [2.05, 4.69) is 11.9 Å². The van der Waals surface area contributed by atoms with Gasteiger partial charge < -0.3 is 14.5 Å². The molecular weight excluding hydrogens is 444 g/mol. The van der Waals surface area contributed by atoms with Gasteiger partial charge in [0.1, 0.15) is 17.9 Å². The number of fused-ring (bicyclic) bond motifs is 1. The molecule has 1 amide bonds. The number of nitrogens with two attached hydrogens (primary N) is 1. The van der Waals surface area contributed by atoms with Gasteiger partial charge in [-0.3, -0.25) is 4.79 Å². The minimum atomic E-state index is -3.74. The monoisotopic (exact) mass is 470 g/mol. The third-order valence-electron chi connectivity index (χ3n) is 5.07. The summed E-state index contributed by atoms with van der Waals surface area (Å²) in [6.07, 6.45) is 0.386. The van der Waals surface area contributed by atoms with Gasteiger partial charge in [-0.15, -0.1) is 0 Å². The number of carbonyl (C=O) groups excluding carboxylic acids is 1. The first kappa shape index (κ1) is 24.2. The highest BCUT2D eigenvalue weighted by molar-refractivity contribution is 7.89. The van der Waals surface area contributed by atoms with Gasteiger partial charge >= 0.3 is 5.63 Å². The first-order valence-corrected chi connectivity index (χ1v) is 11.8. The molecule has 3 aromatic rings. The summed E-state index contributed by atoms with van der Waals surface area (Å²) in [5.74, 6) is 0.253. The smallest absolute Gasteiger partial charge is 0.340 e. The molecule has 3 rings (SSSR count). The maximum absolute atomic E-state index is 12.5. The van der Waals surface area contributed by atoms with Gasteiger partial charge in [0.25, 0.3) is 0 Å². The Morgan fingerprint density at radius 3 is 2.52 bits per heavy atom. The van der Waals surface area contributed by atoms with E-state index in [1.54, 1.807) is 37.3 Å². The Kier molecular flexibility index (Phi) is 7.35. The van der Waals surface area contributed by atoms with Crippen LogP contribution in [0.15, 0.2) is 68.7 Å². The Morgan fingerprint density at radius 2 is 1.88 bits per heavy atom. The van der Waals surface area contributed by atoms with Gasteiger partial charge in [0, 0.05) is 18.0 Å². The first-order chi connectivity index (χ1) is 15.5. The zero-order valence-corrected chi connectivity index (χ0v) is 19.3. The van der Waals surface area contributed by atoms with Crippen molar-refractivity contribution < 1.29 is 22.4 Å². The second-order valence-electron chi connectivity index (χ2n) is 7.86. The molecule has 0 aliphatic rings. The minimum absolute atomic E-state index is 0.0308. The number of sulfonamides is 1. The van der Waals surface area contributed by atoms with Crippen LogP contribution in [0.2, 0.25) is 0 Å². The van der Waals surface area contributed by atoms with Crippen LogP contribution in [0.1, 0.15) is 23.6 Å². The Morgan fingerprint density at radius 1 is 1.18 bits per heavy atom.